The van der Waals surface area contributed by atoms with Crippen LogP contribution in [0.5, 0.6) is 11.5 Å². The number of carbonyl (C=O) groups is 1. The van der Waals surface area contributed by atoms with Crippen LogP contribution < -0.4 is 20.7 Å². The van der Waals surface area contributed by atoms with Crippen molar-refractivity contribution in [1.82, 2.24) is 5.32 Å². The average Bonchev–Trinajstić information content (AvgIpc) is 2.44. The van der Waals surface area contributed by atoms with Gasteiger partial charge < -0.3 is 19.6 Å². The summed E-state index contributed by atoms with van der Waals surface area (Å²) in [6.45, 7) is 3.97. The van der Waals surface area contributed by atoms with Crippen molar-refractivity contribution in [2.45, 2.75) is 32.2 Å². The van der Waals surface area contributed by atoms with Crippen molar-refractivity contribution in [1.29, 1.82) is 0 Å². The van der Waals surface area contributed by atoms with Crippen LogP contribution in [0.15, 0.2) is 18.2 Å². The van der Waals surface area contributed by atoms with Gasteiger partial charge in [-0.3, -0.25) is 4.79 Å². The van der Waals surface area contributed by atoms with E-state index in [2.05, 4.69) is 10.2 Å². The number of nitrogens with two attached hydrogens (primary N) is 1. The SMILES string of the molecule is COc1ccc(CCC(=O)NC(C)(C)CON)cc1OC. The molecule has 0 saturated heterocycles. The van der Waals surface area contributed by atoms with Crippen LogP contribution in [0.2, 0.25) is 0 Å². The van der Waals surface area contributed by atoms with Crippen molar-refractivity contribution in [3.63, 3.8) is 0 Å². The third kappa shape index (κ3) is 5.61. The minimum Gasteiger partial charge on any atom is -0.493 e. The zero-order valence-corrected chi connectivity index (χ0v) is 13.1. The lowest BCUT2D eigenvalue weighted by molar-refractivity contribution is -0.123. The standard InChI is InChI=1S/C15H24N2O4/c1-15(2,10-21-16)17-14(18)8-6-11-5-7-12(19-3)13(9-11)20-4/h5,7,9H,6,8,10,16H2,1-4H3,(H,17,18). The first-order valence-electron chi connectivity index (χ1n) is 6.75. The summed E-state index contributed by atoms with van der Waals surface area (Å²) in [7, 11) is 3.18. The van der Waals surface area contributed by atoms with E-state index in [1.807, 2.05) is 32.0 Å². The predicted octanol–water partition coefficient (Wildman–Crippen LogP) is 1.42. The maximum Gasteiger partial charge on any atom is 0.220 e. The smallest absolute Gasteiger partial charge is 0.220 e. The van der Waals surface area contributed by atoms with Gasteiger partial charge in [-0.25, -0.2) is 5.90 Å². The molecule has 3 N–H and O–H groups in total. The van der Waals surface area contributed by atoms with Gasteiger partial charge in [0, 0.05) is 6.42 Å². The number of benzene rings is 1. The average molecular weight is 296 g/mol. The zero-order valence-electron chi connectivity index (χ0n) is 13.1. The maximum absolute atomic E-state index is 11.9. The Morgan fingerprint density at radius 3 is 2.48 bits per heavy atom. The molecule has 0 heterocycles. The Labute approximate surface area is 125 Å². The molecule has 0 saturated carbocycles. The van der Waals surface area contributed by atoms with E-state index < -0.39 is 5.54 Å². The molecule has 6 heteroatoms. The van der Waals surface area contributed by atoms with E-state index in [4.69, 9.17) is 15.4 Å². The topological polar surface area (TPSA) is 82.8 Å². The van der Waals surface area contributed by atoms with E-state index in [0.29, 0.717) is 24.3 Å². The number of aryl methyl sites for hydroxylation is 1. The van der Waals surface area contributed by atoms with E-state index in [1.54, 1.807) is 14.2 Å². The minimum atomic E-state index is -0.483. The minimum absolute atomic E-state index is 0.0492. The summed E-state index contributed by atoms with van der Waals surface area (Å²) in [5.74, 6) is 6.32. The molecule has 0 aliphatic carbocycles. The van der Waals surface area contributed by atoms with E-state index in [1.165, 1.54) is 0 Å². The molecule has 0 atom stereocenters. The highest BCUT2D eigenvalue weighted by molar-refractivity contribution is 5.77. The number of rotatable bonds is 8. The number of nitrogens with one attached hydrogen (secondary N) is 1. The van der Waals surface area contributed by atoms with Crippen LogP contribution in [-0.4, -0.2) is 32.3 Å². The second-order valence-corrected chi connectivity index (χ2v) is 5.43. The van der Waals surface area contributed by atoms with Gasteiger partial charge in [0.25, 0.3) is 0 Å². The van der Waals surface area contributed by atoms with Crippen molar-refractivity contribution in [3.8, 4) is 11.5 Å². The molecule has 6 nitrogen and oxygen atoms in total. The summed E-state index contributed by atoms with van der Waals surface area (Å²) in [5, 5.41) is 2.88. The van der Waals surface area contributed by atoms with Gasteiger partial charge in [-0.15, -0.1) is 0 Å². The molecule has 1 amide bonds. The van der Waals surface area contributed by atoms with Crippen LogP contribution in [0.25, 0.3) is 0 Å². The van der Waals surface area contributed by atoms with E-state index in [9.17, 15) is 4.79 Å². The van der Waals surface area contributed by atoms with Crippen LogP contribution in [0.3, 0.4) is 0 Å². The molecule has 0 radical (unpaired) electrons. The highest BCUT2D eigenvalue weighted by Gasteiger charge is 2.20. The molecule has 0 aromatic heterocycles. The quantitative estimate of drug-likeness (QED) is 0.709. The maximum atomic E-state index is 11.9. The molecule has 1 aromatic rings. The number of ether oxygens (including phenoxy) is 2. The summed E-state index contributed by atoms with van der Waals surface area (Å²) < 4.78 is 10.4. The Kier molecular flexibility index (Phi) is 6.45. The molecule has 0 bridgehead atoms. The number of amides is 1. The fourth-order valence-corrected chi connectivity index (χ4v) is 1.98. The summed E-state index contributed by atoms with van der Waals surface area (Å²) in [6, 6.07) is 5.63. The van der Waals surface area contributed by atoms with Crippen LogP contribution in [0.4, 0.5) is 0 Å². The van der Waals surface area contributed by atoms with E-state index >= 15 is 0 Å². The van der Waals surface area contributed by atoms with Gasteiger partial charge in [0.2, 0.25) is 5.91 Å². The molecule has 21 heavy (non-hydrogen) atoms. The third-order valence-corrected chi connectivity index (χ3v) is 3.01. The summed E-state index contributed by atoms with van der Waals surface area (Å²) in [5.41, 5.74) is 0.527. The Hall–Kier alpha value is -1.79. The predicted molar refractivity (Wildman–Crippen MR) is 80.2 cm³/mol. The molecule has 0 fully saturated rings. The number of hydrogen-bond donors (Lipinski definition) is 2. The highest BCUT2D eigenvalue weighted by atomic mass is 16.6. The second-order valence-electron chi connectivity index (χ2n) is 5.43. The molecule has 0 unspecified atom stereocenters. The highest BCUT2D eigenvalue weighted by Crippen LogP contribution is 2.27. The number of hydrogen-bond acceptors (Lipinski definition) is 5. The molecule has 118 valence electrons. The Balaban J connectivity index is 2.57. The van der Waals surface area contributed by atoms with E-state index in [0.717, 1.165) is 5.56 Å². The van der Waals surface area contributed by atoms with Gasteiger partial charge >= 0.3 is 0 Å². The van der Waals surface area contributed by atoms with Gasteiger partial charge in [0.05, 0.1) is 26.4 Å². The van der Waals surface area contributed by atoms with Crippen molar-refractivity contribution >= 4 is 5.91 Å². The largest absolute Gasteiger partial charge is 0.493 e. The third-order valence-electron chi connectivity index (χ3n) is 3.01. The summed E-state index contributed by atoms with van der Waals surface area (Å²) in [4.78, 5) is 16.5. The molecule has 1 aromatic carbocycles. The first-order valence-corrected chi connectivity index (χ1v) is 6.75. The number of carbonyl (C=O) groups excluding carboxylic acids is 1. The molecule has 0 spiro atoms. The zero-order chi connectivity index (χ0) is 15.9. The first-order chi connectivity index (χ1) is 9.91. The molecular weight excluding hydrogens is 272 g/mol. The van der Waals surface area contributed by atoms with Crippen molar-refractivity contribution in [3.05, 3.63) is 23.8 Å². The van der Waals surface area contributed by atoms with Gasteiger partial charge in [-0.2, -0.15) is 0 Å². The summed E-state index contributed by atoms with van der Waals surface area (Å²) >= 11 is 0. The number of methoxy groups -OCH3 is 2. The lowest BCUT2D eigenvalue weighted by Gasteiger charge is -2.24. The summed E-state index contributed by atoms with van der Waals surface area (Å²) in [6.07, 6.45) is 0.995. The fraction of sp³-hybridized carbons (Fsp3) is 0.533. The van der Waals surface area contributed by atoms with Crippen LogP contribution in [0.1, 0.15) is 25.8 Å². The molecule has 0 aliphatic heterocycles. The second kappa shape index (κ2) is 7.85. The van der Waals surface area contributed by atoms with Crippen LogP contribution >= 0.6 is 0 Å². The normalized spacial score (nSPS) is 11.1. The van der Waals surface area contributed by atoms with Gasteiger partial charge in [-0.1, -0.05) is 6.07 Å². The first kappa shape index (κ1) is 17.3. The molecular formula is C15H24N2O4. The van der Waals surface area contributed by atoms with Crippen molar-refractivity contribution < 1.29 is 19.1 Å². The van der Waals surface area contributed by atoms with E-state index in [-0.39, 0.29) is 12.5 Å². The van der Waals surface area contributed by atoms with Crippen molar-refractivity contribution in [2.75, 3.05) is 20.8 Å². The molecule has 1 rings (SSSR count). The Morgan fingerprint density at radius 2 is 1.90 bits per heavy atom. The Bertz CT molecular complexity index is 475. The van der Waals surface area contributed by atoms with Crippen LogP contribution in [0, 0.1) is 0 Å². The van der Waals surface area contributed by atoms with Gasteiger partial charge in [-0.05, 0) is 38.0 Å². The van der Waals surface area contributed by atoms with Crippen LogP contribution in [-0.2, 0) is 16.1 Å². The van der Waals surface area contributed by atoms with Gasteiger partial charge in [0.1, 0.15) is 0 Å². The molecule has 0 aliphatic rings. The van der Waals surface area contributed by atoms with Gasteiger partial charge in [0.15, 0.2) is 11.5 Å². The lowest BCUT2D eigenvalue weighted by Crippen LogP contribution is -2.47. The van der Waals surface area contributed by atoms with Crippen molar-refractivity contribution in [2.24, 2.45) is 5.90 Å². The lowest BCUT2D eigenvalue weighted by atomic mass is 10.1. The monoisotopic (exact) mass is 296 g/mol. The fourth-order valence-electron chi connectivity index (χ4n) is 1.98. The Morgan fingerprint density at radius 1 is 1.24 bits per heavy atom.